The first-order chi connectivity index (χ1) is 16.7. The van der Waals surface area contributed by atoms with Crippen LogP contribution in [0.5, 0.6) is 0 Å². The van der Waals surface area contributed by atoms with Crippen LogP contribution in [0.1, 0.15) is 24.8 Å². The predicted octanol–water partition coefficient (Wildman–Crippen LogP) is 5.13. The fraction of sp³-hybridized carbons (Fsp3) is 0.296. The average molecular weight is 456 g/mol. The van der Waals surface area contributed by atoms with Crippen molar-refractivity contribution in [2.75, 3.05) is 30.0 Å². The first-order valence-electron chi connectivity index (χ1n) is 11.9. The summed E-state index contributed by atoms with van der Waals surface area (Å²) in [7, 11) is 0. The minimum absolute atomic E-state index is 0.0243. The quantitative estimate of drug-likeness (QED) is 0.453. The fourth-order valence-corrected chi connectivity index (χ4v) is 5.22. The van der Waals surface area contributed by atoms with Crippen molar-refractivity contribution in [2.45, 2.75) is 25.7 Å². The lowest BCUT2D eigenvalue weighted by molar-refractivity contribution is -0.115. The second kappa shape index (κ2) is 8.56. The number of hydrogen-bond acceptors (Lipinski definition) is 4. The number of imidazole rings is 1. The van der Waals surface area contributed by atoms with Crippen molar-refractivity contribution in [1.82, 2.24) is 14.4 Å². The summed E-state index contributed by atoms with van der Waals surface area (Å²) >= 11 is 0. The predicted molar refractivity (Wildman–Crippen MR) is 132 cm³/mol. The number of fused-ring (bicyclic) bond motifs is 2. The van der Waals surface area contributed by atoms with Crippen LogP contribution < -0.4 is 10.2 Å². The van der Waals surface area contributed by atoms with Crippen LogP contribution in [-0.2, 0) is 11.2 Å². The molecule has 6 rings (SSSR count). The third kappa shape index (κ3) is 3.61. The summed E-state index contributed by atoms with van der Waals surface area (Å²) in [5, 5.41) is 2.92. The molecule has 0 saturated carbocycles. The zero-order valence-corrected chi connectivity index (χ0v) is 18.9. The van der Waals surface area contributed by atoms with Crippen molar-refractivity contribution in [3.63, 3.8) is 0 Å². The van der Waals surface area contributed by atoms with Crippen LogP contribution in [0.2, 0.25) is 0 Å². The summed E-state index contributed by atoms with van der Waals surface area (Å²) in [6.45, 7) is 1.46. The van der Waals surface area contributed by atoms with Gasteiger partial charge in [-0.05, 0) is 42.9 Å². The molecule has 0 radical (unpaired) electrons. The number of nitrogens with zero attached hydrogens (tertiary/aromatic N) is 4. The largest absolute Gasteiger partial charge is 0.354 e. The molecule has 0 spiro atoms. The highest BCUT2D eigenvalue weighted by Gasteiger charge is 2.26. The molecule has 2 aliphatic heterocycles. The second-order valence-electron chi connectivity index (χ2n) is 9.12. The van der Waals surface area contributed by atoms with Gasteiger partial charge in [0.05, 0.1) is 24.5 Å². The van der Waals surface area contributed by atoms with Crippen LogP contribution in [0.3, 0.4) is 0 Å². The van der Waals surface area contributed by atoms with Gasteiger partial charge in [0.15, 0.2) is 11.5 Å². The summed E-state index contributed by atoms with van der Waals surface area (Å²) in [5.41, 5.74) is 6.61. The number of hydrogen-bond donors (Lipinski definition) is 1. The number of anilines is 2. The molecule has 1 N–H and O–H groups in total. The molecule has 0 bridgehead atoms. The minimum Gasteiger partial charge on any atom is -0.354 e. The Kier molecular flexibility index (Phi) is 5.24. The Bertz CT molecular complexity index is 1360. The molecule has 0 aliphatic carbocycles. The molecule has 4 aromatic rings. The molecule has 2 aromatic heterocycles. The van der Waals surface area contributed by atoms with Crippen molar-refractivity contribution in [1.29, 1.82) is 0 Å². The first-order valence-corrected chi connectivity index (χ1v) is 11.9. The minimum atomic E-state index is -0.246. The van der Waals surface area contributed by atoms with Crippen LogP contribution in [0.15, 0.2) is 60.9 Å². The summed E-state index contributed by atoms with van der Waals surface area (Å²) < 4.78 is 14.9. The summed E-state index contributed by atoms with van der Waals surface area (Å²) in [6, 6.07) is 16.3. The molecule has 4 heterocycles. The van der Waals surface area contributed by atoms with Crippen molar-refractivity contribution < 1.29 is 9.18 Å². The van der Waals surface area contributed by atoms with Gasteiger partial charge in [0, 0.05) is 42.3 Å². The number of nitrogens with one attached hydrogen (secondary N) is 1. The van der Waals surface area contributed by atoms with E-state index >= 15 is 0 Å². The van der Waals surface area contributed by atoms with Gasteiger partial charge in [-0.15, -0.1) is 0 Å². The molecule has 2 aromatic carbocycles. The van der Waals surface area contributed by atoms with E-state index in [4.69, 9.17) is 9.97 Å². The zero-order chi connectivity index (χ0) is 23.1. The Balaban J connectivity index is 1.48. The van der Waals surface area contributed by atoms with Gasteiger partial charge >= 0.3 is 0 Å². The lowest BCUT2D eigenvalue weighted by atomic mass is 9.94. The number of rotatable bonds is 5. The maximum absolute atomic E-state index is 12.8. The average Bonchev–Trinajstić information content (AvgIpc) is 3.44. The zero-order valence-electron chi connectivity index (χ0n) is 18.9. The molecule has 2 aliphatic rings. The van der Waals surface area contributed by atoms with E-state index in [0.717, 1.165) is 71.2 Å². The first kappa shape index (κ1) is 20.8. The molecule has 1 saturated heterocycles. The van der Waals surface area contributed by atoms with Crippen molar-refractivity contribution >= 4 is 23.1 Å². The molecule has 0 unspecified atom stereocenters. The molecule has 172 valence electrons. The van der Waals surface area contributed by atoms with E-state index in [1.165, 1.54) is 0 Å². The van der Waals surface area contributed by atoms with E-state index in [1.54, 1.807) is 0 Å². The van der Waals surface area contributed by atoms with E-state index < -0.39 is 0 Å². The van der Waals surface area contributed by atoms with Crippen molar-refractivity contribution in [3.05, 3.63) is 66.5 Å². The highest BCUT2D eigenvalue weighted by Crippen LogP contribution is 2.38. The van der Waals surface area contributed by atoms with Gasteiger partial charge in [0.25, 0.3) is 0 Å². The van der Waals surface area contributed by atoms with E-state index in [-0.39, 0.29) is 12.6 Å². The van der Waals surface area contributed by atoms with Crippen LogP contribution in [-0.4, -0.2) is 40.0 Å². The normalized spacial score (nSPS) is 16.1. The monoisotopic (exact) mass is 455 g/mol. The van der Waals surface area contributed by atoms with Crippen LogP contribution >= 0.6 is 0 Å². The highest BCUT2D eigenvalue weighted by molar-refractivity contribution is 6.00. The third-order valence-electron chi connectivity index (χ3n) is 7.01. The Morgan fingerprint density at radius 1 is 1.06 bits per heavy atom. The van der Waals surface area contributed by atoms with Gasteiger partial charge in [-0.1, -0.05) is 36.4 Å². The molecule has 6 nitrogen and oxygen atoms in total. The molecule has 34 heavy (non-hydrogen) atoms. The Labute approximate surface area is 197 Å². The number of amides is 1. The number of aromatic nitrogens is 3. The molecule has 7 heteroatoms. The summed E-state index contributed by atoms with van der Waals surface area (Å²) in [6.07, 6.45) is 6.76. The van der Waals surface area contributed by atoms with Gasteiger partial charge in [0.1, 0.15) is 0 Å². The van der Waals surface area contributed by atoms with Gasteiger partial charge in [-0.3, -0.25) is 13.6 Å². The topological polar surface area (TPSA) is 62.5 Å². The number of benzene rings is 2. The summed E-state index contributed by atoms with van der Waals surface area (Å²) in [4.78, 5) is 24.0. The smallest absolute Gasteiger partial charge is 0.228 e. The number of piperidine rings is 1. The number of carbonyl (C=O) groups excluding carboxylic acids is 1. The molecular weight excluding hydrogens is 429 g/mol. The number of halogens is 1. The Morgan fingerprint density at radius 2 is 1.88 bits per heavy atom. The molecular formula is C27H26FN5O. The number of carbonyl (C=O) groups is 1. The van der Waals surface area contributed by atoms with Crippen molar-refractivity contribution in [2.24, 2.45) is 5.92 Å². The van der Waals surface area contributed by atoms with Gasteiger partial charge in [0.2, 0.25) is 5.91 Å². The standard InChI is InChI=1S/C27H26FN5O/c28-11-8-18-9-13-32(14-10-18)26-27-31-24(19-4-2-1-3-5-19)25(33(27)15-12-29-26)20-6-7-22-21(16-20)17-23(34)30-22/h1-7,12,15-16,18H,8-11,13-14,17H2,(H,30,34). The maximum Gasteiger partial charge on any atom is 0.228 e. The van der Waals surface area contributed by atoms with E-state index in [0.29, 0.717) is 18.8 Å². The summed E-state index contributed by atoms with van der Waals surface area (Å²) in [5.74, 6) is 1.33. The van der Waals surface area contributed by atoms with Crippen LogP contribution in [0.4, 0.5) is 15.9 Å². The van der Waals surface area contributed by atoms with Gasteiger partial charge in [-0.2, -0.15) is 0 Å². The van der Waals surface area contributed by atoms with E-state index in [2.05, 4.69) is 32.8 Å². The molecule has 0 atom stereocenters. The van der Waals surface area contributed by atoms with Crippen molar-refractivity contribution in [3.8, 4) is 22.5 Å². The number of alkyl halides is 1. The van der Waals surface area contributed by atoms with Gasteiger partial charge < -0.3 is 10.2 Å². The molecule has 1 fully saturated rings. The highest BCUT2D eigenvalue weighted by atomic mass is 19.1. The fourth-order valence-electron chi connectivity index (χ4n) is 5.22. The van der Waals surface area contributed by atoms with Crippen LogP contribution in [0, 0.1) is 5.92 Å². The molecule has 1 amide bonds. The van der Waals surface area contributed by atoms with Gasteiger partial charge in [-0.25, -0.2) is 9.97 Å². The lowest BCUT2D eigenvalue weighted by Gasteiger charge is -2.32. The van der Waals surface area contributed by atoms with E-state index in [1.807, 2.05) is 42.7 Å². The maximum atomic E-state index is 12.8. The lowest BCUT2D eigenvalue weighted by Crippen LogP contribution is -2.34. The third-order valence-corrected chi connectivity index (χ3v) is 7.01. The SMILES string of the molecule is O=C1Cc2cc(-c3c(-c4ccccc4)nc4c(N5CCC(CCF)CC5)nccn34)ccc2N1. The Morgan fingerprint density at radius 3 is 2.68 bits per heavy atom. The van der Waals surface area contributed by atoms with Crippen LogP contribution in [0.25, 0.3) is 28.2 Å². The van der Waals surface area contributed by atoms with E-state index in [9.17, 15) is 9.18 Å². The Hall–Kier alpha value is -3.74. The second-order valence-corrected chi connectivity index (χ2v) is 9.12.